The molecule has 17 heavy (non-hydrogen) atoms. The summed E-state index contributed by atoms with van der Waals surface area (Å²) in [5, 5.41) is 7.28. The molecule has 1 N–H and O–H groups in total. The van der Waals surface area contributed by atoms with Crippen molar-refractivity contribution in [1.29, 1.82) is 0 Å². The van der Waals surface area contributed by atoms with Crippen molar-refractivity contribution in [2.75, 3.05) is 20.3 Å². The highest BCUT2D eigenvalue weighted by Crippen LogP contribution is 2.33. The molecule has 0 aromatic carbocycles. The van der Waals surface area contributed by atoms with E-state index in [9.17, 15) is 0 Å². The molecule has 1 aliphatic rings. The summed E-state index contributed by atoms with van der Waals surface area (Å²) in [5.74, 6) is 2.28. The third kappa shape index (κ3) is 3.78. The molecule has 1 fully saturated rings. The van der Waals surface area contributed by atoms with Crippen LogP contribution in [0.4, 0.5) is 0 Å². The molecule has 0 spiro atoms. The summed E-state index contributed by atoms with van der Waals surface area (Å²) >= 11 is 0. The molecular formula is C12H21N3O2. The lowest BCUT2D eigenvalue weighted by atomic mass is 10.1. The predicted molar refractivity (Wildman–Crippen MR) is 63.8 cm³/mol. The van der Waals surface area contributed by atoms with Gasteiger partial charge in [0.1, 0.15) is 0 Å². The van der Waals surface area contributed by atoms with E-state index in [2.05, 4.69) is 15.5 Å². The van der Waals surface area contributed by atoms with Gasteiger partial charge >= 0.3 is 0 Å². The smallest absolute Gasteiger partial charge is 0.228 e. The number of hydrogen-bond donors (Lipinski definition) is 1. The van der Waals surface area contributed by atoms with Gasteiger partial charge in [0.2, 0.25) is 5.89 Å². The first kappa shape index (κ1) is 12.5. The highest BCUT2D eigenvalue weighted by molar-refractivity contribution is 4.94. The Labute approximate surface area is 102 Å². The Hall–Kier alpha value is -0.940. The average molecular weight is 239 g/mol. The van der Waals surface area contributed by atoms with Gasteiger partial charge in [-0.2, -0.15) is 4.98 Å². The summed E-state index contributed by atoms with van der Waals surface area (Å²) in [5.41, 5.74) is 0. The van der Waals surface area contributed by atoms with Crippen LogP contribution in [0.3, 0.4) is 0 Å². The molecule has 1 saturated carbocycles. The molecule has 96 valence electrons. The molecule has 0 radical (unpaired) electrons. The van der Waals surface area contributed by atoms with Gasteiger partial charge in [-0.05, 0) is 32.7 Å². The van der Waals surface area contributed by atoms with E-state index in [-0.39, 0.29) is 0 Å². The Bertz CT molecular complexity index is 336. The van der Waals surface area contributed by atoms with E-state index in [0.717, 1.165) is 37.1 Å². The predicted octanol–water partition coefficient (Wildman–Crippen LogP) is 1.19. The Kier molecular flexibility index (Phi) is 4.50. The first-order valence-electron chi connectivity index (χ1n) is 6.40. The van der Waals surface area contributed by atoms with Crippen molar-refractivity contribution < 1.29 is 9.26 Å². The fourth-order valence-electron chi connectivity index (χ4n) is 1.97. The Morgan fingerprint density at radius 2 is 2.35 bits per heavy atom. The number of nitrogens with one attached hydrogen (secondary N) is 1. The van der Waals surface area contributed by atoms with E-state index in [1.807, 2.05) is 14.0 Å². The van der Waals surface area contributed by atoms with Crippen LogP contribution in [0.5, 0.6) is 0 Å². The lowest BCUT2D eigenvalue weighted by Gasteiger charge is -2.11. The monoisotopic (exact) mass is 239 g/mol. The zero-order valence-corrected chi connectivity index (χ0v) is 10.6. The Morgan fingerprint density at radius 3 is 3.00 bits per heavy atom. The summed E-state index contributed by atoms with van der Waals surface area (Å²) in [7, 11) is 2.00. The molecule has 0 aliphatic heterocycles. The summed E-state index contributed by atoms with van der Waals surface area (Å²) in [6.07, 6.45) is 4.20. The van der Waals surface area contributed by atoms with Crippen LogP contribution in [0.25, 0.3) is 0 Å². The fraction of sp³-hybridized carbons (Fsp3) is 0.833. The summed E-state index contributed by atoms with van der Waals surface area (Å²) in [4.78, 5) is 4.38. The molecule has 1 aromatic rings. The van der Waals surface area contributed by atoms with Crippen LogP contribution in [0.2, 0.25) is 0 Å². The van der Waals surface area contributed by atoms with Crippen molar-refractivity contribution in [1.82, 2.24) is 15.5 Å². The van der Waals surface area contributed by atoms with Crippen LogP contribution in [0.1, 0.15) is 31.5 Å². The molecule has 1 aromatic heterocycles. The van der Waals surface area contributed by atoms with E-state index in [4.69, 9.17) is 9.26 Å². The minimum Gasteiger partial charge on any atom is -0.381 e. The minimum atomic E-state index is 0.482. The molecule has 1 unspecified atom stereocenters. The van der Waals surface area contributed by atoms with Gasteiger partial charge in [-0.3, -0.25) is 0 Å². The molecule has 1 aliphatic carbocycles. The zero-order valence-electron chi connectivity index (χ0n) is 10.6. The van der Waals surface area contributed by atoms with E-state index in [1.165, 1.54) is 12.8 Å². The van der Waals surface area contributed by atoms with E-state index in [1.54, 1.807) is 0 Å². The SMILES string of the molecule is CCOCCc1noc(CC(NC)C2CC2)n1. The summed E-state index contributed by atoms with van der Waals surface area (Å²) < 4.78 is 10.5. The van der Waals surface area contributed by atoms with Gasteiger partial charge in [0.15, 0.2) is 5.82 Å². The maximum Gasteiger partial charge on any atom is 0.228 e. The number of hydrogen-bond acceptors (Lipinski definition) is 5. The number of nitrogens with zero attached hydrogens (tertiary/aromatic N) is 2. The first-order chi connectivity index (χ1) is 8.33. The first-order valence-corrected chi connectivity index (χ1v) is 6.40. The van der Waals surface area contributed by atoms with Crippen LogP contribution in [0.15, 0.2) is 4.52 Å². The van der Waals surface area contributed by atoms with Crippen LogP contribution in [-0.2, 0) is 17.6 Å². The standard InChI is InChI=1S/C12H21N3O2/c1-3-16-7-6-11-14-12(17-15-11)8-10(13-2)9-4-5-9/h9-10,13H,3-8H2,1-2H3. The normalized spacial score (nSPS) is 17.3. The van der Waals surface area contributed by atoms with E-state index >= 15 is 0 Å². The van der Waals surface area contributed by atoms with Crippen molar-refractivity contribution >= 4 is 0 Å². The van der Waals surface area contributed by atoms with Crippen molar-refractivity contribution in [2.24, 2.45) is 5.92 Å². The van der Waals surface area contributed by atoms with Crippen molar-refractivity contribution in [3.8, 4) is 0 Å². The number of likely N-dealkylation sites (N-methyl/N-ethyl adjacent to an activating group) is 1. The Morgan fingerprint density at radius 1 is 1.53 bits per heavy atom. The third-order valence-corrected chi connectivity index (χ3v) is 3.14. The van der Waals surface area contributed by atoms with Crippen LogP contribution < -0.4 is 5.32 Å². The fourth-order valence-corrected chi connectivity index (χ4v) is 1.97. The van der Waals surface area contributed by atoms with Gasteiger partial charge in [0.25, 0.3) is 0 Å². The molecule has 2 rings (SSSR count). The molecule has 0 bridgehead atoms. The molecular weight excluding hydrogens is 218 g/mol. The highest BCUT2D eigenvalue weighted by Gasteiger charge is 2.31. The largest absolute Gasteiger partial charge is 0.381 e. The summed E-state index contributed by atoms with van der Waals surface area (Å²) in [6, 6.07) is 0.482. The molecule has 5 heteroatoms. The van der Waals surface area contributed by atoms with Gasteiger partial charge in [0, 0.05) is 25.5 Å². The number of ether oxygens (including phenoxy) is 1. The van der Waals surface area contributed by atoms with Crippen molar-refractivity contribution in [2.45, 2.75) is 38.6 Å². The van der Waals surface area contributed by atoms with Crippen molar-refractivity contribution in [3.05, 3.63) is 11.7 Å². The van der Waals surface area contributed by atoms with Crippen LogP contribution in [-0.4, -0.2) is 36.4 Å². The van der Waals surface area contributed by atoms with Gasteiger partial charge in [0.05, 0.1) is 6.61 Å². The maximum atomic E-state index is 5.26. The Balaban J connectivity index is 1.80. The lowest BCUT2D eigenvalue weighted by molar-refractivity contribution is 0.149. The maximum absolute atomic E-state index is 5.26. The van der Waals surface area contributed by atoms with Gasteiger partial charge < -0.3 is 14.6 Å². The second-order valence-corrected chi connectivity index (χ2v) is 4.49. The average Bonchev–Trinajstić information content (AvgIpc) is 3.08. The topological polar surface area (TPSA) is 60.2 Å². The lowest BCUT2D eigenvalue weighted by Crippen LogP contribution is -2.29. The zero-order chi connectivity index (χ0) is 12.1. The molecule has 1 heterocycles. The number of aromatic nitrogens is 2. The van der Waals surface area contributed by atoms with Gasteiger partial charge in [-0.15, -0.1) is 0 Å². The second-order valence-electron chi connectivity index (χ2n) is 4.49. The molecule has 5 nitrogen and oxygen atoms in total. The summed E-state index contributed by atoms with van der Waals surface area (Å²) in [6.45, 7) is 3.37. The van der Waals surface area contributed by atoms with Crippen LogP contribution >= 0.6 is 0 Å². The van der Waals surface area contributed by atoms with E-state index in [0.29, 0.717) is 12.6 Å². The van der Waals surface area contributed by atoms with Crippen LogP contribution in [0, 0.1) is 5.92 Å². The van der Waals surface area contributed by atoms with Gasteiger partial charge in [-0.1, -0.05) is 5.16 Å². The third-order valence-electron chi connectivity index (χ3n) is 3.14. The highest BCUT2D eigenvalue weighted by atomic mass is 16.5. The molecule has 0 saturated heterocycles. The molecule has 0 amide bonds. The number of rotatable bonds is 8. The second kappa shape index (κ2) is 6.12. The minimum absolute atomic E-state index is 0.482. The van der Waals surface area contributed by atoms with Crippen molar-refractivity contribution in [3.63, 3.8) is 0 Å². The van der Waals surface area contributed by atoms with E-state index < -0.39 is 0 Å². The quantitative estimate of drug-likeness (QED) is 0.690. The van der Waals surface area contributed by atoms with Gasteiger partial charge in [-0.25, -0.2) is 0 Å². The molecule has 1 atom stereocenters.